The molecule has 49 nitrogen and oxygen atoms in total. The maximum Gasteiger partial charge on any atom is 0.322 e. The van der Waals surface area contributed by atoms with Crippen LogP contribution in [0.2, 0.25) is 0 Å². The number of phenols is 1. The van der Waals surface area contributed by atoms with Gasteiger partial charge in [0.25, 0.3) is 0 Å². The molecule has 51 heteroatoms. The van der Waals surface area contributed by atoms with Crippen molar-refractivity contribution in [1.82, 2.24) is 101 Å². The minimum absolute atomic E-state index is 0.0148. The number of thioether (sulfide) groups is 2. The lowest BCUT2D eigenvalue weighted by atomic mass is 9.94. The standard InChI is InChI=1S/C98H168N24O25S2/c1-19-54(12)78(95(144)115-68(45-59-30-32-60(124)33-31-59)89(138)109-64(36-41-148-17)86(135)117-76(52(8)9)93(142)104-48-75(128)129)121-97(146)79(55(13)20-2)119-82(131)58(16)106-91(140)70(49-123)116-94(143)77(53(10)11)118-96(145)80(56(14)21-3)120-85(134)62(28-23-25-39-100)110-92(141)71-29-26-40-122(71)98(147)65(37-42-149-18)111-87(136)67(44-51(6)7)113-84(133)61(27-22-24-38-99)108-90(139)69(46-73(103)126)114-88(137)66(43-50(4)5)112-81(130)57(15)105-83(132)63(34-35-72(102)125)107-74(127)47-101/h30-33,50-58,61-71,76-80,123-124H,19-29,34-49,99-101H2,1-18H3,(H2,102,125)(H2,103,126)(H,104,142)(H,105,132)(H,106,140)(H,107,127)(H,108,139)(H,109,138)(H,110,141)(H,111,136)(H,112,130)(H,113,133)(H,114,137)(H,115,144)(H,116,143)(H,117,135)(H,118,145)(H,119,131)(H,120,134)(H,121,146)(H,128,129)/t54-,55-,56-,57-,58-,61-,62-,63-,64-,65-,66-,67-,68-,69-,70-,71-,76-,77-,78-,79-,80-/m0/s1. The largest absolute Gasteiger partial charge is 0.508 e. The van der Waals surface area contributed by atoms with Crippen molar-refractivity contribution in [3.05, 3.63) is 29.8 Å². The predicted molar refractivity (Wildman–Crippen MR) is 559 cm³/mol. The molecule has 21 atom stereocenters. The fourth-order valence-corrected chi connectivity index (χ4v) is 16.8. The van der Waals surface area contributed by atoms with Crippen LogP contribution in [0.25, 0.3) is 0 Å². The second-order valence-electron chi connectivity index (χ2n) is 39.3. The smallest absolute Gasteiger partial charge is 0.322 e. The van der Waals surface area contributed by atoms with Crippen molar-refractivity contribution in [2.24, 2.45) is 70.1 Å². The van der Waals surface area contributed by atoms with E-state index >= 15 is 4.79 Å². The Morgan fingerprint density at radius 3 is 1.19 bits per heavy atom. The van der Waals surface area contributed by atoms with Gasteiger partial charge in [-0.05, 0) is 194 Å². The second-order valence-corrected chi connectivity index (χ2v) is 41.3. The first kappa shape index (κ1) is 133. The number of nitrogens with zero attached hydrogens (tertiary/aromatic N) is 1. The van der Waals surface area contributed by atoms with E-state index in [9.17, 15) is 116 Å². The molecule has 0 saturated carbocycles. The van der Waals surface area contributed by atoms with Crippen LogP contribution in [0.3, 0.4) is 0 Å². The van der Waals surface area contributed by atoms with Crippen molar-refractivity contribution in [2.75, 3.05) is 63.3 Å². The molecule has 1 aromatic carbocycles. The first-order chi connectivity index (χ1) is 70.1. The fraction of sp³-hybridized carbons (Fsp3) is 0.714. The predicted octanol–water partition coefficient (Wildman–Crippen LogP) is -4.19. The van der Waals surface area contributed by atoms with Crippen molar-refractivity contribution in [3.8, 4) is 5.75 Å². The zero-order valence-electron chi connectivity index (χ0n) is 89.3. The lowest BCUT2D eigenvalue weighted by molar-refractivity contribution is -0.142. The van der Waals surface area contributed by atoms with Gasteiger partial charge in [0.1, 0.15) is 121 Å². The number of amides is 21. The summed E-state index contributed by atoms with van der Waals surface area (Å²) in [5, 5.41) is 76.7. The van der Waals surface area contributed by atoms with Gasteiger partial charge in [-0.3, -0.25) is 105 Å². The van der Waals surface area contributed by atoms with Crippen LogP contribution in [0.1, 0.15) is 232 Å². The molecule has 149 heavy (non-hydrogen) atoms. The maximum atomic E-state index is 15.1. The molecule has 0 spiro atoms. The maximum absolute atomic E-state index is 15.1. The zero-order chi connectivity index (χ0) is 113. The number of primary amides is 2. The fourth-order valence-electron chi connectivity index (χ4n) is 15.8. The van der Waals surface area contributed by atoms with Crippen molar-refractivity contribution >= 4 is 154 Å². The van der Waals surface area contributed by atoms with E-state index in [0.29, 0.717) is 36.3 Å². The Bertz CT molecular complexity index is 4600. The highest BCUT2D eigenvalue weighted by Gasteiger charge is 2.45. The van der Waals surface area contributed by atoms with Crippen LogP contribution < -0.4 is 124 Å². The molecule has 0 aliphatic carbocycles. The lowest BCUT2D eigenvalue weighted by Crippen LogP contribution is -2.63. The van der Waals surface area contributed by atoms with Gasteiger partial charge in [0.2, 0.25) is 124 Å². The number of aliphatic hydroxyl groups excluding tert-OH is 1. The number of carbonyl (C=O) groups excluding carboxylic acids is 21. The van der Waals surface area contributed by atoms with Crippen LogP contribution in [-0.4, -0.2) is 322 Å². The number of aliphatic hydroxyl groups is 1. The van der Waals surface area contributed by atoms with Gasteiger partial charge >= 0.3 is 5.97 Å². The number of nitrogens with two attached hydrogens (primary N) is 5. The van der Waals surface area contributed by atoms with E-state index < -0.39 is 294 Å². The first-order valence-corrected chi connectivity index (χ1v) is 53.9. The lowest BCUT2D eigenvalue weighted by Gasteiger charge is -2.32. The molecule has 0 unspecified atom stereocenters. The minimum Gasteiger partial charge on any atom is -0.508 e. The quantitative estimate of drug-likeness (QED) is 0.0275. The average Bonchev–Trinajstić information content (AvgIpc) is 1.74. The number of aromatic hydroxyl groups is 1. The zero-order valence-corrected chi connectivity index (χ0v) is 90.9. The Balaban J connectivity index is 2.46. The highest BCUT2D eigenvalue weighted by atomic mass is 32.2. The third-order valence-electron chi connectivity index (χ3n) is 25.3. The molecule has 0 aromatic heterocycles. The molecule has 1 fully saturated rings. The molecule has 1 aromatic rings. The molecule has 1 aliphatic heterocycles. The van der Waals surface area contributed by atoms with Gasteiger partial charge in [-0.15, -0.1) is 0 Å². The molecule has 21 amide bonds. The van der Waals surface area contributed by atoms with Crippen molar-refractivity contribution in [2.45, 2.75) is 342 Å². The van der Waals surface area contributed by atoms with Crippen molar-refractivity contribution < 1.29 is 121 Å². The molecule has 1 aliphatic rings. The molecule has 31 N–H and O–H groups in total. The molecule has 842 valence electrons. The molecule has 1 heterocycles. The topological polar surface area (TPSA) is 786 Å². The van der Waals surface area contributed by atoms with Crippen LogP contribution in [0.15, 0.2) is 24.3 Å². The first-order valence-electron chi connectivity index (χ1n) is 51.1. The van der Waals surface area contributed by atoms with Crippen molar-refractivity contribution in [3.63, 3.8) is 0 Å². The molecular weight excluding hydrogens is 1980 g/mol. The van der Waals surface area contributed by atoms with Crippen LogP contribution >= 0.6 is 23.5 Å². The third kappa shape index (κ3) is 47.7. The number of carboxylic acids is 1. The molecule has 2 rings (SSSR count). The van der Waals surface area contributed by atoms with Gasteiger partial charge < -0.3 is 145 Å². The van der Waals surface area contributed by atoms with Crippen LogP contribution in [-0.2, 0) is 112 Å². The summed E-state index contributed by atoms with van der Waals surface area (Å²) in [4.78, 5) is 307. The van der Waals surface area contributed by atoms with Crippen molar-refractivity contribution in [1.29, 1.82) is 0 Å². The number of hydrogen-bond acceptors (Lipinski definition) is 29. The van der Waals surface area contributed by atoms with Gasteiger partial charge in [-0.2, -0.15) is 23.5 Å². The highest BCUT2D eigenvalue weighted by molar-refractivity contribution is 7.98. The van der Waals surface area contributed by atoms with E-state index in [2.05, 4.69) is 95.7 Å². The average molecular weight is 2150 g/mol. The number of rotatable bonds is 72. The van der Waals surface area contributed by atoms with E-state index in [4.69, 9.17) is 28.7 Å². The highest BCUT2D eigenvalue weighted by Crippen LogP contribution is 2.24. The summed E-state index contributed by atoms with van der Waals surface area (Å²) < 4.78 is 0. The Morgan fingerprint density at radius 2 is 0.745 bits per heavy atom. The Hall–Kier alpha value is -12.1. The number of nitrogens with one attached hydrogen (secondary N) is 18. The number of phenolic OH excluding ortho intramolecular Hbond substituents is 1. The van der Waals surface area contributed by atoms with E-state index in [1.54, 1.807) is 109 Å². The van der Waals surface area contributed by atoms with Crippen LogP contribution in [0, 0.1) is 41.4 Å². The summed E-state index contributed by atoms with van der Waals surface area (Å²) >= 11 is 2.69. The number of unbranched alkanes of at least 4 members (excludes halogenated alkanes) is 2. The van der Waals surface area contributed by atoms with Gasteiger partial charge in [-0.1, -0.05) is 128 Å². The SMILES string of the molecule is CC[C@H](C)[C@H](NC(=O)[C@H](C)NC(=O)[C@H](CO)NC(=O)[C@@H](NC(=O)[C@@H](NC(=O)[C@H](CCCCN)NC(=O)[C@@H]1CCCN1C(=O)[C@H](CCSC)NC(=O)[C@H](CC(C)C)NC(=O)[C@H](CCCCN)NC(=O)[C@H](CC(N)=O)NC(=O)[C@H](CC(C)C)NC(=O)[C@H](C)NC(=O)[C@H](CCC(N)=O)NC(=O)CN)[C@@H](C)CC)C(C)C)C(=O)N[C@H](C(=O)N[C@@H](Cc1ccc(O)cc1)C(=O)N[C@@H](CCSC)C(=O)N[C@H](C(=O)NCC(=O)O)C(C)C)[C@@H](C)CC. The number of hydrogen-bond donors (Lipinski definition) is 26. The number of aliphatic carboxylic acids is 1. The van der Waals surface area contributed by atoms with Gasteiger partial charge in [-0.25, -0.2) is 0 Å². The normalized spacial score (nSPS) is 16.4. The second kappa shape index (κ2) is 69.3. The monoisotopic (exact) mass is 2150 g/mol. The minimum atomic E-state index is -1.78. The van der Waals surface area contributed by atoms with Gasteiger partial charge in [0, 0.05) is 19.4 Å². The number of carboxylic acid groups (broad SMARTS) is 1. The molecule has 0 radical (unpaired) electrons. The van der Waals surface area contributed by atoms with Crippen LogP contribution in [0.5, 0.6) is 5.75 Å². The van der Waals surface area contributed by atoms with E-state index in [-0.39, 0.29) is 134 Å². The van der Waals surface area contributed by atoms with E-state index in [0.717, 1.165) is 0 Å². The van der Waals surface area contributed by atoms with Crippen LogP contribution in [0.4, 0.5) is 0 Å². The van der Waals surface area contributed by atoms with Gasteiger partial charge in [0.15, 0.2) is 0 Å². The number of likely N-dealkylation sites (tertiary alicyclic amines) is 1. The molecule has 1 saturated heterocycles. The molecular formula is C98H168N24O25S2. The summed E-state index contributed by atoms with van der Waals surface area (Å²) in [7, 11) is 0. The Labute approximate surface area is 881 Å². The summed E-state index contributed by atoms with van der Waals surface area (Å²) in [5.41, 5.74) is 28.5. The van der Waals surface area contributed by atoms with E-state index in [1.165, 1.54) is 66.5 Å². The summed E-state index contributed by atoms with van der Waals surface area (Å²) in [6.45, 7) is 24.1. The number of carbonyl (C=O) groups is 22. The summed E-state index contributed by atoms with van der Waals surface area (Å²) in [6, 6.07) is -19.8. The number of benzene rings is 1. The Morgan fingerprint density at radius 1 is 0.389 bits per heavy atom. The third-order valence-corrected chi connectivity index (χ3v) is 26.6. The summed E-state index contributed by atoms with van der Waals surface area (Å²) in [6.07, 6.45) is 4.25. The summed E-state index contributed by atoms with van der Waals surface area (Å²) in [5.74, 6) is -23.1. The molecule has 0 bridgehead atoms. The van der Waals surface area contributed by atoms with E-state index in [1.807, 2.05) is 0 Å². The van der Waals surface area contributed by atoms with Gasteiger partial charge in [0.05, 0.1) is 19.6 Å². The Kier molecular flexibility index (Phi) is 61.8.